The molecular weight excluding hydrogens is 211 g/mol. The fourth-order valence-corrected chi connectivity index (χ4v) is 0.855. The molecule has 1 aromatic carbocycles. The summed E-state index contributed by atoms with van der Waals surface area (Å²) in [6.45, 7) is 2.18. The van der Waals surface area contributed by atoms with Crippen LogP contribution in [0.1, 0.15) is 18.9 Å². The van der Waals surface area contributed by atoms with Crippen LogP contribution in [0.2, 0.25) is 0 Å². The molecule has 0 heterocycles. The summed E-state index contributed by atoms with van der Waals surface area (Å²) in [5.41, 5.74) is 1.32. The Labute approximate surface area is 108 Å². The van der Waals surface area contributed by atoms with Gasteiger partial charge in [-0.1, -0.05) is 19.8 Å². The Morgan fingerprint density at radius 1 is 1.29 bits per heavy atom. The SMILES string of the molecule is CCCc1[c-]cccc1.O=S(=O)=O.[Na+]. The predicted molar refractivity (Wildman–Crippen MR) is 49.0 cm³/mol. The molecule has 0 saturated carbocycles. The van der Waals surface area contributed by atoms with Crippen molar-refractivity contribution in [2.45, 2.75) is 19.8 Å². The zero-order chi connectivity index (χ0) is 10.1. The Morgan fingerprint density at radius 2 is 1.86 bits per heavy atom. The van der Waals surface area contributed by atoms with Crippen LogP contribution in [0, 0.1) is 6.07 Å². The zero-order valence-corrected chi connectivity index (χ0v) is 11.2. The van der Waals surface area contributed by atoms with Crippen molar-refractivity contribution in [1.29, 1.82) is 0 Å². The summed E-state index contributed by atoms with van der Waals surface area (Å²) < 4.78 is 25.3. The van der Waals surface area contributed by atoms with Gasteiger partial charge < -0.3 is 0 Å². The minimum atomic E-state index is -3.11. The van der Waals surface area contributed by atoms with Crippen LogP contribution in [0.3, 0.4) is 0 Å². The van der Waals surface area contributed by atoms with Crippen LogP contribution in [0.4, 0.5) is 0 Å². The van der Waals surface area contributed by atoms with E-state index in [1.807, 2.05) is 12.1 Å². The topological polar surface area (TPSA) is 51.2 Å². The summed E-state index contributed by atoms with van der Waals surface area (Å²) in [4.78, 5) is 0. The summed E-state index contributed by atoms with van der Waals surface area (Å²) in [5.74, 6) is 0. The van der Waals surface area contributed by atoms with E-state index in [0.29, 0.717) is 0 Å². The van der Waals surface area contributed by atoms with Crippen LogP contribution >= 0.6 is 0 Å². The molecule has 72 valence electrons. The fourth-order valence-electron chi connectivity index (χ4n) is 0.855. The Kier molecular flexibility index (Phi) is 12.7. The molecule has 0 radical (unpaired) electrons. The van der Waals surface area contributed by atoms with Crippen LogP contribution < -0.4 is 29.6 Å². The molecule has 0 aromatic heterocycles. The van der Waals surface area contributed by atoms with Crippen molar-refractivity contribution < 1.29 is 42.2 Å². The van der Waals surface area contributed by atoms with Gasteiger partial charge in [0.25, 0.3) is 0 Å². The van der Waals surface area contributed by atoms with Gasteiger partial charge >= 0.3 is 40.2 Å². The Hall–Kier alpha value is -0.160. The van der Waals surface area contributed by atoms with E-state index in [1.165, 1.54) is 12.0 Å². The summed E-state index contributed by atoms with van der Waals surface area (Å²) in [5, 5.41) is 0. The minimum Gasteiger partial charge on any atom is -0.180 e. The number of hydrogen-bond donors (Lipinski definition) is 0. The molecule has 0 N–H and O–H groups in total. The Morgan fingerprint density at radius 3 is 2.21 bits per heavy atom. The number of benzene rings is 1. The van der Waals surface area contributed by atoms with Crippen molar-refractivity contribution in [1.82, 2.24) is 0 Å². The normalized spacial score (nSPS) is 7.79. The van der Waals surface area contributed by atoms with Gasteiger partial charge in [-0.25, -0.2) is 0 Å². The van der Waals surface area contributed by atoms with Gasteiger partial charge in [0.2, 0.25) is 0 Å². The minimum absolute atomic E-state index is 0. The van der Waals surface area contributed by atoms with E-state index < -0.39 is 10.6 Å². The van der Waals surface area contributed by atoms with Gasteiger partial charge in [-0.15, -0.1) is 12.6 Å². The number of aryl methyl sites for hydroxylation is 1. The van der Waals surface area contributed by atoms with Gasteiger partial charge in [0, 0.05) is 0 Å². The molecule has 5 heteroatoms. The average Bonchev–Trinajstić information content (AvgIpc) is 2.06. The van der Waals surface area contributed by atoms with Crippen LogP contribution in [0.15, 0.2) is 24.3 Å². The average molecular weight is 222 g/mol. The molecule has 0 spiro atoms. The summed E-state index contributed by atoms with van der Waals surface area (Å²) in [6.07, 6.45) is 2.36. The third-order valence-corrected chi connectivity index (χ3v) is 1.29. The maximum Gasteiger partial charge on any atom is 1.00 e. The second kappa shape index (κ2) is 10.9. The van der Waals surface area contributed by atoms with Gasteiger partial charge in [0.05, 0.1) is 0 Å². The van der Waals surface area contributed by atoms with Gasteiger partial charge in [0.15, 0.2) is 0 Å². The van der Waals surface area contributed by atoms with E-state index in [2.05, 4.69) is 25.1 Å². The van der Waals surface area contributed by atoms with Crippen molar-refractivity contribution in [3.8, 4) is 0 Å². The van der Waals surface area contributed by atoms with Crippen molar-refractivity contribution in [2.24, 2.45) is 0 Å². The van der Waals surface area contributed by atoms with E-state index in [4.69, 9.17) is 12.6 Å². The Balaban J connectivity index is 0. The smallest absolute Gasteiger partial charge is 0.180 e. The fraction of sp³-hybridized carbons (Fsp3) is 0.333. The quantitative estimate of drug-likeness (QED) is 0.449. The number of hydrogen-bond acceptors (Lipinski definition) is 3. The molecule has 0 aliphatic rings. The summed E-state index contributed by atoms with van der Waals surface area (Å²) >= 11 is 0. The third kappa shape index (κ3) is 11.8. The largest absolute Gasteiger partial charge is 1.00 e. The molecule has 0 aliphatic heterocycles. The van der Waals surface area contributed by atoms with Gasteiger partial charge in [-0.05, 0) is 0 Å². The summed E-state index contributed by atoms with van der Waals surface area (Å²) in [7, 11) is -3.11. The van der Waals surface area contributed by atoms with Crippen LogP contribution in [-0.4, -0.2) is 12.6 Å². The molecule has 0 saturated heterocycles. The molecular formula is C9H11NaO3S. The van der Waals surface area contributed by atoms with Gasteiger partial charge in [0.1, 0.15) is 0 Å². The molecule has 1 aromatic rings. The third-order valence-electron chi connectivity index (χ3n) is 1.29. The first-order chi connectivity index (χ1) is 6.16. The molecule has 0 fully saturated rings. The first-order valence-corrected chi connectivity index (χ1v) is 4.89. The second-order valence-electron chi connectivity index (χ2n) is 2.34. The molecule has 3 nitrogen and oxygen atoms in total. The standard InChI is InChI=1S/C9H11.Na.O3S/c1-2-6-9-7-4-3-5-8-9;;1-4(2)3/h3-5,7H,2,6H2,1H3;;/q-1;+1;. The predicted octanol–water partition coefficient (Wildman–Crippen LogP) is -1.56. The molecule has 0 amide bonds. The first kappa shape index (κ1) is 16.3. The van der Waals surface area contributed by atoms with Crippen molar-refractivity contribution in [3.05, 3.63) is 35.9 Å². The molecule has 0 atom stereocenters. The summed E-state index contributed by atoms with van der Waals surface area (Å²) in [6, 6.07) is 11.3. The Bertz CT molecular complexity index is 313. The molecule has 0 unspecified atom stereocenters. The zero-order valence-electron chi connectivity index (χ0n) is 8.36. The number of rotatable bonds is 2. The van der Waals surface area contributed by atoms with Crippen LogP contribution in [0.25, 0.3) is 0 Å². The van der Waals surface area contributed by atoms with Crippen molar-refractivity contribution in [2.75, 3.05) is 0 Å². The van der Waals surface area contributed by atoms with Crippen LogP contribution in [-0.2, 0) is 17.0 Å². The molecule has 14 heavy (non-hydrogen) atoms. The van der Waals surface area contributed by atoms with Crippen molar-refractivity contribution >= 4 is 10.6 Å². The van der Waals surface area contributed by atoms with E-state index in [9.17, 15) is 0 Å². The second-order valence-corrected chi connectivity index (χ2v) is 2.75. The van der Waals surface area contributed by atoms with E-state index >= 15 is 0 Å². The molecule has 1 rings (SSSR count). The van der Waals surface area contributed by atoms with Crippen LogP contribution in [0.5, 0.6) is 0 Å². The van der Waals surface area contributed by atoms with E-state index in [1.54, 1.807) is 0 Å². The van der Waals surface area contributed by atoms with E-state index in [0.717, 1.165) is 6.42 Å². The first-order valence-electron chi connectivity index (χ1n) is 3.89. The van der Waals surface area contributed by atoms with Gasteiger partial charge in [-0.3, -0.25) is 0 Å². The van der Waals surface area contributed by atoms with E-state index in [-0.39, 0.29) is 29.6 Å². The van der Waals surface area contributed by atoms with Crippen molar-refractivity contribution in [3.63, 3.8) is 0 Å². The molecule has 0 bridgehead atoms. The maximum absolute atomic E-state index is 8.44. The monoisotopic (exact) mass is 222 g/mol. The van der Waals surface area contributed by atoms with Gasteiger partial charge in [-0.2, -0.15) is 35.9 Å². The molecule has 0 aliphatic carbocycles. The maximum atomic E-state index is 8.44.